The number of imide groups is 1. The lowest BCUT2D eigenvalue weighted by Gasteiger charge is -2.18. The number of anilines is 1. The zero-order valence-electron chi connectivity index (χ0n) is 11.7. The second-order valence-corrected chi connectivity index (χ2v) is 5.11. The maximum absolute atomic E-state index is 14.1. The van der Waals surface area contributed by atoms with Crippen LogP contribution in [0, 0.1) is 12.7 Å². The van der Waals surface area contributed by atoms with E-state index in [0.717, 1.165) is 13.0 Å². The molecule has 2 aromatic carbocycles. The van der Waals surface area contributed by atoms with E-state index in [1.165, 1.54) is 12.1 Å². The number of carbonyl (C=O) groups excluding carboxylic acids is 2. The van der Waals surface area contributed by atoms with Gasteiger partial charge in [0.25, 0.3) is 11.8 Å². The Labute approximate surface area is 128 Å². The molecular formula is C16H9F4NO2. The Morgan fingerprint density at radius 3 is 1.96 bits per heavy atom. The highest BCUT2D eigenvalue weighted by molar-refractivity contribution is 6.34. The van der Waals surface area contributed by atoms with Crippen LogP contribution in [-0.2, 0) is 6.18 Å². The van der Waals surface area contributed by atoms with Crippen molar-refractivity contribution < 1.29 is 27.2 Å². The molecule has 1 heterocycles. The second kappa shape index (κ2) is 4.91. The lowest BCUT2D eigenvalue weighted by atomic mass is 10.1. The largest absolute Gasteiger partial charge is 0.416 e. The molecule has 0 aliphatic carbocycles. The quantitative estimate of drug-likeness (QED) is 0.588. The van der Waals surface area contributed by atoms with Crippen LogP contribution >= 0.6 is 0 Å². The van der Waals surface area contributed by atoms with E-state index in [-0.39, 0.29) is 16.7 Å². The van der Waals surface area contributed by atoms with Crippen LogP contribution < -0.4 is 4.90 Å². The van der Waals surface area contributed by atoms with Crippen molar-refractivity contribution in [3.63, 3.8) is 0 Å². The van der Waals surface area contributed by atoms with Crippen LogP contribution in [0.1, 0.15) is 31.8 Å². The van der Waals surface area contributed by atoms with E-state index in [1.54, 1.807) is 12.1 Å². The molecule has 0 atom stereocenters. The Bertz CT molecular complexity index is 807. The number of alkyl halides is 3. The molecule has 23 heavy (non-hydrogen) atoms. The van der Waals surface area contributed by atoms with Crippen LogP contribution in [0.2, 0.25) is 0 Å². The number of fused-ring (bicyclic) bond motifs is 1. The minimum atomic E-state index is -4.72. The Kier molecular flexibility index (Phi) is 3.24. The smallest absolute Gasteiger partial charge is 0.268 e. The summed E-state index contributed by atoms with van der Waals surface area (Å²) in [6.45, 7) is 1.14. The topological polar surface area (TPSA) is 37.4 Å². The molecule has 3 rings (SSSR count). The minimum Gasteiger partial charge on any atom is -0.268 e. The fraction of sp³-hybridized carbons (Fsp3) is 0.125. The van der Waals surface area contributed by atoms with Crippen molar-refractivity contribution in [3.8, 4) is 0 Å². The Morgan fingerprint density at radius 1 is 0.957 bits per heavy atom. The fourth-order valence-corrected chi connectivity index (χ4v) is 2.55. The Hall–Kier alpha value is -2.70. The van der Waals surface area contributed by atoms with E-state index in [2.05, 4.69) is 0 Å². The molecule has 0 saturated carbocycles. The van der Waals surface area contributed by atoms with Gasteiger partial charge in [-0.1, -0.05) is 12.1 Å². The standard InChI is InChI=1S/C16H9F4NO2/c1-8-6-13(12(17)7-11(8)16(18,19)20)21-14(22)9-4-2-3-5-10(9)15(21)23/h2-7H,1H3. The monoisotopic (exact) mass is 323 g/mol. The molecule has 2 aromatic rings. The first-order chi connectivity index (χ1) is 10.7. The van der Waals surface area contributed by atoms with E-state index in [1.807, 2.05) is 0 Å². The van der Waals surface area contributed by atoms with Gasteiger partial charge in [-0.3, -0.25) is 9.59 Å². The summed E-state index contributed by atoms with van der Waals surface area (Å²) in [6, 6.07) is 7.06. The number of aryl methyl sites for hydroxylation is 1. The zero-order valence-corrected chi connectivity index (χ0v) is 11.7. The third-order valence-corrected chi connectivity index (χ3v) is 3.63. The predicted octanol–water partition coefficient (Wildman–Crippen LogP) is 3.95. The maximum Gasteiger partial charge on any atom is 0.416 e. The lowest BCUT2D eigenvalue weighted by Crippen LogP contribution is -2.30. The van der Waals surface area contributed by atoms with Gasteiger partial charge in [-0.15, -0.1) is 0 Å². The van der Waals surface area contributed by atoms with Gasteiger partial charge >= 0.3 is 6.18 Å². The molecular weight excluding hydrogens is 314 g/mol. The zero-order chi connectivity index (χ0) is 16.9. The van der Waals surface area contributed by atoms with E-state index in [9.17, 15) is 27.2 Å². The van der Waals surface area contributed by atoms with Gasteiger partial charge in [0, 0.05) is 0 Å². The summed E-state index contributed by atoms with van der Waals surface area (Å²) in [4.78, 5) is 25.1. The van der Waals surface area contributed by atoms with Crippen LogP contribution in [0.5, 0.6) is 0 Å². The molecule has 0 saturated heterocycles. The van der Waals surface area contributed by atoms with Crippen molar-refractivity contribution >= 4 is 17.5 Å². The first kappa shape index (κ1) is 15.2. The summed E-state index contributed by atoms with van der Waals surface area (Å²) in [5.74, 6) is -2.80. The highest BCUT2D eigenvalue weighted by Gasteiger charge is 2.39. The first-order valence-corrected chi connectivity index (χ1v) is 6.57. The van der Waals surface area contributed by atoms with E-state index in [4.69, 9.17) is 0 Å². The molecule has 0 N–H and O–H groups in total. The molecule has 0 spiro atoms. The summed E-state index contributed by atoms with van der Waals surface area (Å²) in [7, 11) is 0. The summed E-state index contributed by atoms with van der Waals surface area (Å²) in [5, 5.41) is 0. The average Bonchev–Trinajstić information content (AvgIpc) is 2.73. The molecule has 0 bridgehead atoms. The molecule has 2 amide bonds. The molecule has 0 fully saturated rings. The third kappa shape index (κ3) is 2.28. The molecule has 0 aromatic heterocycles. The van der Waals surface area contributed by atoms with Gasteiger partial charge in [0.05, 0.1) is 22.4 Å². The van der Waals surface area contributed by atoms with Gasteiger partial charge in [0.15, 0.2) is 0 Å². The number of hydrogen-bond donors (Lipinski definition) is 0. The van der Waals surface area contributed by atoms with Crippen LogP contribution in [0.15, 0.2) is 36.4 Å². The van der Waals surface area contributed by atoms with Crippen molar-refractivity contribution in [1.29, 1.82) is 0 Å². The number of halogens is 4. The molecule has 7 heteroatoms. The van der Waals surface area contributed by atoms with Gasteiger partial charge in [-0.25, -0.2) is 9.29 Å². The number of hydrogen-bond acceptors (Lipinski definition) is 2. The van der Waals surface area contributed by atoms with Crippen LogP contribution in [0.3, 0.4) is 0 Å². The van der Waals surface area contributed by atoms with Gasteiger partial charge in [0.1, 0.15) is 5.82 Å². The van der Waals surface area contributed by atoms with Gasteiger partial charge in [0.2, 0.25) is 0 Å². The molecule has 1 aliphatic rings. The van der Waals surface area contributed by atoms with Gasteiger partial charge in [-0.05, 0) is 36.8 Å². The summed E-state index contributed by atoms with van der Waals surface area (Å²) >= 11 is 0. The van der Waals surface area contributed by atoms with E-state index >= 15 is 0 Å². The summed E-state index contributed by atoms with van der Waals surface area (Å²) < 4.78 is 52.5. The van der Waals surface area contributed by atoms with Crippen molar-refractivity contribution in [3.05, 3.63) is 64.5 Å². The lowest BCUT2D eigenvalue weighted by molar-refractivity contribution is -0.138. The third-order valence-electron chi connectivity index (χ3n) is 3.63. The van der Waals surface area contributed by atoms with E-state index < -0.39 is 35.1 Å². The number of amides is 2. The Morgan fingerprint density at radius 2 is 1.48 bits per heavy atom. The molecule has 0 unspecified atom stereocenters. The number of carbonyl (C=O) groups is 2. The molecule has 3 nitrogen and oxygen atoms in total. The van der Waals surface area contributed by atoms with Crippen LogP contribution in [0.25, 0.3) is 0 Å². The predicted molar refractivity (Wildman–Crippen MR) is 73.7 cm³/mol. The van der Waals surface area contributed by atoms with Crippen molar-refractivity contribution in [1.82, 2.24) is 0 Å². The molecule has 118 valence electrons. The maximum atomic E-state index is 14.1. The molecule has 1 aliphatic heterocycles. The van der Waals surface area contributed by atoms with E-state index in [0.29, 0.717) is 11.0 Å². The Balaban J connectivity index is 2.13. The highest BCUT2D eigenvalue weighted by atomic mass is 19.4. The fourth-order valence-electron chi connectivity index (χ4n) is 2.55. The van der Waals surface area contributed by atoms with Gasteiger partial charge in [-0.2, -0.15) is 13.2 Å². The van der Waals surface area contributed by atoms with Crippen LogP contribution in [0.4, 0.5) is 23.2 Å². The van der Waals surface area contributed by atoms with Crippen LogP contribution in [-0.4, -0.2) is 11.8 Å². The summed E-state index contributed by atoms with van der Waals surface area (Å²) in [5.41, 5.74) is -1.72. The highest BCUT2D eigenvalue weighted by Crippen LogP contribution is 2.37. The molecule has 0 radical (unpaired) electrons. The average molecular weight is 323 g/mol. The number of rotatable bonds is 1. The minimum absolute atomic E-state index is 0.0921. The summed E-state index contributed by atoms with van der Waals surface area (Å²) in [6.07, 6.45) is -4.72. The number of nitrogens with zero attached hydrogens (tertiary/aromatic N) is 1. The number of benzene rings is 2. The van der Waals surface area contributed by atoms with Gasteiger partial charge < -0.3 is 0 Å². The van der Waals surface area contributed by atoms with Crippen molar-refractivity contribution in [2.75, 3.05) is 4.90 Å². The SMILES string of the molecule is Cc1cc(N2C(=O)c3ccccc3C2=O)c(F)cc1C(F)(F)F. The van der Waals surface area contributed by atoms with Crippen molar-refractivity contribution in [2.45, 2.75) is 13.1 Å². The van der Waals surface area contributed by atoms with Crippen molar-refractivity contribution in [2.24, 2.45) is 0 Å². The first-order valence-electron chi connectivity index (χ1n) is 6.57. The second-order valence-electron chi connectivity index (χ2n) is 5.11. The normalized spacial score (nSPS) is 14.4.